The summed E-state index contributed by atoms with van der Waals surface area (Å²) in [7, 11) is -3.88. The van der Waals surface area contributed by atoms with Gasteiger partial charge in [-0.1, -0.05) is 17.7 Å². The molecule has 4 heterocycles. The Hall–Kier alpha value is -2.46. The summed E-state index contributed by atoms with van der Waals surface area (Å²) in [6.07, 6.45) is 2.74. The minimum Gasteiger partial charge on any atom is -0.468 e. The smallest absolute Gasteiger partial charge is 0.245 e. The Labute approximate surface area is 176 Å². The van der Waals surface area contributed by atoms with Crippen molar-refractivity contribution in [3.8, 4) is 10.8 Å². The van der Waals surface area contributed by atoms with Gasteiger partial charge in [-0.2, -0.15) is 4.31 Å². The van der Waals surface area contributed by atoms with Crippen molar-refractivity contribution in [1.29, 1.82) is 0 Å². The number of oxazole rings is 1. The van der Waals surface area contributed by atoms with E-state index in [1.165, 1.54) is 40.2 Å². The van der Waals surface area contributed by atoms with Crippen molar-refractivity contribution in [2.45, 2.75) is 24.9 Å². The summed E-state index contributed by atoms with van der Waals surface area (Å²) in [6.45, 7) is 1.83. The number of thiophene rings is 1. The van der Waals surface area contributed by atoms with Crippen LogP contribution in [-0.2, 0) is 23.1 Å². The van der Waals surface area contributed by atoms with E-state index in [1.54, 1.807) is 19.1 Å². The lowest BCUT2D eigenvalue weighted by Crippen LogP contribution is -2.30. The maximum absolute atomic E-state index is 13.3. The number of aryl methyl sites for hydroxylation is 1. The highest BCUT2D eigenvalue weighted by atomic mass is 35.5. The average molecular weight is 450 g/mol. The van der Waals surface area contributed by atoms with Crippen LogP contribution in [0, 0.1) is 6.92 Å². The maximum Gasteiger partial charge on any atom is 0.245 e. The first-order valence-electron chi connectivity index (χ1n) is 8.58. The van der Waals surface area contributed by atoms with Crippen LogP contribution < -0.4 is 0 Å². The van der Waals surface area contributed by atoms with E-state index < -0.39 is 10.0 Å². The fourth-order valence-electron chi connectivity index (χ4n) is 2.71. The summed E-state index contributed by atoms with van der Waals surface area (Å²) in [5.74, 6) is 1.54. The Kier molecular flexibility index (Phi) is 5.55. The fraction of sp³-hybridized carbons (Fsp3) is 0.158. The van der Waals surface area contributed by atoms with Crippen LogP contribution in [0.3, 0.4) is 0 Å². The van der Waals surface area contributed by atoms with Crippen LogP contribution in [0.25, 0.3) is 10.8 Å². The summed E-state index contributed by atoms with van der Waals surface area (Å²) >= 11 is 7.30. The molecule has 0 atom stereocenters. The standard InChI is InChI=1S/C19H16ClN3O4S2/c1-13-16(22-19(27-13)17-5-3-9-28-17)12-23(11-14-4-2-8-26-14)29(24,25)15-6-7-18(20)21-10-15/h2-10H,11-12H2,1H3. The van der Waals surface area contributed by atoms with Crippen LogP contribution in [-0.4, -0.2) is 22.7 Å². The Morgan fingerprint density at radius 3 is 2.69 bits per heavy atom. The van der Waals surface area contributed by atoms with E-state index in [1.807, 2.05) is 17.5 Å². The summed E-state index contributed by atoms with van der Waals surface area (Å²) in [5.41, 5.74) is 0.533. The summed E-state index contributed by atoms with van der Waals surface area (Å²) in [6, 6.07) is 10.1. The molecule has 0 radical (unpaired) electrons. The molecule has 4 aromatic rings. The first kappa shape index (κ1) is 19.8. The lowest BCUT2D eigenvalue weighted by atomic mass is 10.3. The van der Waals surface area contributed by atoms with E-state index in [0.29, 0.717) is 23.1 Å². The van der Waals surface area contributed by atoms with Gasteiger partial charge in [0, 0.05) is 6.20 Å². The first-order valence-corrected chi connectivity index (χ1v) is 11.3. The number of hydrogen-bond donors (Lipinski definition) is 0. The van der Waals surface area contributed by atoms with Crippen LogP contribution in [0.5, 0.6) is 0 Å². The van der Waals surface area contributed by atoms with Crippen molar-refractivity contribution < 1.29 is 17.3 Å². The maximum atomic E-state index is 13.3. The second-order valence-corrected chi connectivity index (χ2v) is 9.44. The Morgan fingerprint density at radius 2 is 2.03 bits per heavy atom. The molecule has 0 unspecified atom stereocenters. The monoisotopic (exact) mass is 449 g/mol. The van der Waals surface area contributed by atoms with Gasteiger partial charge in [-0.25, -0.2) is 18.4 Å². The van der Waals surface area contributed by atoms with Crippen molar-refractivity contribution in [3.05, 3.63) is 76.6 Å². The van der Waals surface area contributed by atoms with Crippen LogP contribution in [0.15, 0.2) is 68.0 Å². The Morgan fingerprint density at radius 1 is 1.17 bits per heavy atom. The van der Waals surface area contributed by atoms with Crippen LogP contribution in [0.4, 0.5) is 0 Å². The van der Waals surface area contributed by atoms with Gasteiger partial charge in [0.15, 0.2) is 0 Å². The van der Waals surface area contributed by atoms with E-state index in [2.05, 4.69) is 9.97 Å². The normalized spacial score (nSPS) is 12.0. The number of aromatic nitrogens is 2. The van der Waals surface area contributed by atoms with Crippen molar-refractivity contribution in [2.24, 2.45) is 0 Å². The molecule has 0 saturated heterocycles. The second kappa shape index (κ2) is 8.11. The van der Waals surface area contributed by atoms with Crippen molar-refractivity contribution in [1.82, 2.24) is 14.3 Å². The molecule has 0 aliphatic carbocycles. The van der Waals surface area contributed by atoms with Gasteiger partial charge in [0.2, 0.25) is 15.9 Å². The summed E-state index contributed by atoms with van der Waals surface area (Å²) < 4.78 is 38.9. The molecule has 150 valence electrons. The third-order valence-corrected chi connectivity index (χ3v) is 7.06. The molecule has 0 aliphatic rings. The van der Waals surface area contributed by atoms with Crippen molar-refractivity contribution in [2.75, 3.05) is 0 Å². The van der Waals surface area contributed by atoms with Gasteiger partial charge < -0.3 is 8.83 Å². The highest BCUT2D eigenvalue weighted by Gasteiger charge is 2.28. The first-order chi connectivity index (χ1) is 13.9. The number of hydrogen-bond acceptors (Lipinski definition) is 7. The van der Waals surface area contributed by atoms with Crippen LogP contribution in [0.1, 0.15) is 17.2 Å². The van der Waals surface area contributed by atoms with Gasteiger partial charge >= 0.3 is 0 Å². The molecule has 0 fully saturated rings. The lowest BCUT2D eigenvalue weighted by molar-refractivity contribution is 0.354. The Balaban J connectivity index is 1.69. The number of sulfonamides is 1. The van der Waals surface area contributed by atoms with Gasteiger partial charge in [0.05, 0.1) is 29.9 Å². The second-order valence-electron chi connectivity index (χ2n) is 6.17. The molecule has 0 spiro atoms. The predicted molar refractivity (Wildman–Crippen MR) is 109 cm³/mol. The molecule has 7 nitrogen and oxygen atoms in total. The molecule has 0 saturated carbocycles. The van der Waals surface area contributed by atoms with Gasteiger partial charge in [0.1, 0.15) is 21.6 Å². The molecule has 10 heteroatoms. The van der Waals surface area contributed by atoms with Gasteiger partial charge in [-0.05, 0) is 42.6 Å². The minimum absolute atomic E-state index is 0.0202. The number of pyridine rings is 1. The highest BCUT2D eigenvalue weighted by Crippen LogP contribution is 2.28. The van der Waals surface area contributed by atoms with Gasteiger partial charge in [-0.15, -0.1) is 11.3 Å². The largest absolute Gasteiger partial charge is 0.468 e. The van der Waals surface area contributed by atoms with E-state index in [0.717, 1.165) is 4.88 Å². The van der Waals surface area contributed by atoms with Crippen molar-refractivity contribution >= 4 is 33.0 Å². The molecular formula is C19H16ClN3O4S2. The summed E-state index contributed by atoms with van der Waals surface area (Å²) in [4.78, 5) is 9.32. The van der Waals surface area contributed by atoms with E-state index in [-0.39, 0.29) is 23.1 Å². The highest BCUT2D eigenvalue weighted by molar-refractivity contribution is 7.89. The van der Waals surface area contributed by atoms with E-state index in [9.17, 15) is 8.42 Å². The van der Waals surface area contributed by atoms with Crippen molar-refractivity contribution in [3.63, 3.8) is 0 Å². The molecule has 0 bridgehead atoms. The fourth-order valence-corrected chi connectivity index (χ4v) is 4.79. The van der Waals surface area contributed by atoms with E-state index in [4.69, 9.17) is 20.4 Å². The molecule has 4 rings (SSSR count). The predicted octanol–water partition coefficient (Wildman–Crippen LogP) is 4.74. The number of nitrogens with zero attached hydrogens (tertiary/aromatic N) is 3. The van der Waals surface area contributed by atoms with Gasteiger partial charge in [-0.3, -0.25) is 0 Å². The van der Waals surface area contributed by atoms with E-state index >= 15 is 0 Å². The molecule has 0 aliphatic heterocycles. The molecular weight excluding hydrogens is 434 g/mol. The molecule has 0 amide bonds. The zero-order chi connectivity index (χ0) is 20.4. The summed E-state index contributed by atoms with van der Waals surface area (Å²) in [5, 5.41) is 2.14. The SMILES string of the molecule is Cc1oc(-c2cccs2)nc1CN(Cc1ccco1)S(=O)(=O)c1ccc(Cl)nc1. The number of furan rings is 1. The quantitative estimate of drug-likeness (QED) is 0.378. The van der Waals surface area contributed by atoms with Crippen LogP contribution in [0.2, 0.25) is 5.15 Å². The number of rotatable bonds is 7. The zero-order valence-electron chi connectivity index (χ0n) is 15.3. The minimum atomic E-state index is -3.88. The zero-order valence-corrected chi connectivity index (χ0v) is 17.7. The molecule has 4 aromatic heterocycles. The van der Waals surface area contributed by atoms with Gasteiger partial charge in [0.25, 0.3) is 0 Å². The molecule has 0 N–H and O–H groups in total. The Bertz CT molecular complexity index is 1190. The third kappa shape index (κ3) is 4.27. The third-order valence-electron chi connectivity index (χ3n) is 4.20. The van der Waals surface area contributed by atoms with Crippen LogP contribution >= 0.6 is 22.9 Å². The average Bonchev–Trinajstić information content (AvgIpc) is 3.44. The topological polar surface area (TPSA) is 89.4 Å². The molecule has 0 aromatic carbocycles. The molecule has 29 heavy (non-hydrogen) atoms. The number of halogens is 1. The lowest BCUT2D eigenvalue weighted by Gasteiger charge is -2.20.